The normalized spacial score (nSPS) is 11.6. The van der Waals surface area contributed by atoms with Crippen molar-refractivity contribution in [3.05, 3.63) is 28.8 Å². The summed E-state index contributed by atoms with van der Waals surface area (Å²) in [5, 5.41) is 10.1. The molecule has 0 heterocycles. The van der Waals surface area contributed by atoms with Crippen LogP contribution in [0.4, 0.5) is 0 Å². The Morgan fingerprint density at radius 3 is 2.50 bits per heavy atom. The van der Waals surface area contributed by atoms with Crippen molar-refractivity contribution in [1.82, 2.24) is 10.8 Å². The average molecular weight is 322 g/mol. The molecule has 0 fully saturated rings. The van der Waals surface area contributed by atoms with E-state index in [2.05, 4.69) is 5.32 Å². The number of hydrogen-bond donors (Lipinski definition) is 3. The van der Waals surface area contributed by atoms with Gasteiger partial charge in [0.25, 0.3) is 5.91 Å². The molecule has 1 atom stereocenters. The smallest absolute Gasteiger partial charge is 0.251 e. The van der Waals surface area contributed by atoms with E-state index in [4.69, 9.17) is 16.8 Å². The maximum Gasteiger partial charge on any atom is 0.251 e. The highest BCUT2D eigenvalue weighted by Gasteiger charge is 2.09. The highest BCUT2D eigenvalue weighted by atomic mass is 35.5. The standard InChI is InChI=1S/C11H14ClNO3S.CH5NO/c1-7(2)6-13-11(14)8-3-4-9(12)10(5-8)17(15)16;1-2-3/h3-5,7H,6H2,1-2H3,(H,13,14)(H,15,16);2-3H,1H3/p-1. The van der Waals surface area contributed by atoms with Gasteiger partial charge in [-0.25, -0.2) is 5.48 Å². The zero-order valence-electron chi connectivity index (χ0n) is 11.5. The Labute approximate surface area is 125 Å². The first-order chi connectivity index (χ1) is 9.33. The summed E-state index contributed by atoms with van der Waals surface area (Å²) in [4.78, 5) is 11.6. The number of nitrogens with one attached hydrogen (secondary N) is 2. The van der Waals surface area contributed by atoms with Crippen molar-refractivity contribution in [3.8, 4) is 0 Å². The second-order valence-corrected chi connectivity index (χ2v) is 5.52. The summed E-state index contributed by atoms with van der Waals surface area (Å²) in [5.41, 5.74) is 2.04. The van der Waals surface area contributed by atoms with Crippen LogP contribution in [0.5, 0.6) is 0 Å². The molecule has 0 bridgehead atoms. The van der Waals surface area contributed by atoms with Crippen LogP contribution in [0, 0.1) is 5.92 Å². The van der Waals surface area contributed by atoms with Gasteiger partial charge in [-0.3, -0.25) is 9.00 Å². The van der Waals surface area contributed by atoms with Crippen LogP contribution in [0.25, 0.3) is 0 Å². The van der Waals surface area contributed by atoms with E-state index in [1.165, 1.54) is 25.2 Å². The monoisotopic (exact) mass is 321 g/mol. The number of amides is 1. The summed E-state index contributed by atoms with van der Waals surface area (Å²) in [6, 6.07) is 4.16. The lowest BCUT2D eigenvalue weighted by molar-refractivity contribution is 0.0949. The summed E-state index contributed by atoms with van der Waals surface area (Å²) < 4.78 is 21.7. The third-order valence-electron chi connectivity index (χ3n) is 2.04. The van der Waals surface area contributed by atoms with Gasteiger partial charge in [-0.2, -0.15) is 0 Å². The quantitative estimate of drug-likeness (QED) is 0.577. The first kappa shape index (κ1) is 19.0. The van der Waals surface area contributed by atoms with Crippen molar-refractivity contribution in [3.63, 3.8) is 0 Å². The molecule has 0 saturated carbocycles. The molecular weight excluding hydrogens is 304 g/mol. The summed E-state index contributed by atoms with van der Waals surface area (Å²) in [7, 11) is 1.43. The fourth-order valence-electron chi connectivity index (χ4n) is 1.17. The minimum Gasteiger partial charge on any atom is -0.768 e. The third-order valence-corrected chi connectivity index (χ3v) is 3.18. The maximum absolute atomic E-state index is 11.7. The molecule has 0 aliphatic heterocycles. The molecule has 1 aromatic rings. The molecule has 0 aliphatic rings. The number of hydroxylamine groups is 1. The van der Waals surface area contributed by atoms with Crippen molar-refractivity contribution >= 4 is 28.6 Å². The Morgan fingerprint density at radius 2 is 2.05 bits per heavy atom. The van der Waals surface area contributed by atoms with Gasteiger partial charge in [-0.05, 0) is 35.2 Å². The van der Waals surface area contributed by atoms with Gasteiger partial charge in [0.05, 0.1) is 5.02 Å². The average Bonchev–Trinajstić information content (AvgIpc) is 2.37. The van der Waals surface area contributed by atoms with Gasteiger partial charge in [0, 0.05) is 24.1 Å². The topological polar surface area (TPSA) is 101 Å². The fourth-order valence-corrected chi connectivity index (χ4v) is 1.93. The Kier molecular flexibility index (Phi) is 9.35. The molecular formula is C12H18ClN2O4S-. The number of halogens is 1. The fraction of sp³-hybridized carbons (Fsp3) is 0.417. The van der Waals surface area contributed by atoms with Gasteiger partial charge in [0.15, 0.2) is 0 Å². The minimum absolute atomic E-state index is 0.0659. The summed E-state index contributed by atoms with van der Waals surface area (Å²) in [6.45, 7) is 4.48. The van der Waals surface area contributed by atoms with E-state index in [-0.39, 0.29) is 21.4 Å². The van der Waals surface area contributed by atoms with Crippen LogP contribution in [-0.4, -0.2) is 33.5 Å². The van der Waals surface area contributed by atoms with E-state index < -0.39 is 11.1 Å². The number of carbonyl (C=O) groups is 1. The van der Waals surface area contributed by atoms with Crippen LogP contribution in [0.15, 0.2) is 23.1 Å². The first-order valence-electron chi connectivity index (χ1n) is 5.81. The van der Waals surface area contributed by atoms with Gasteiger partial charge < -0.3 is 15.1 Å². The number of benzene rings is 1. The van der Waals surface area contributed by atoms with Gasteiger partial charge in [0.2, 0.25) is 0 Å². The minimum atomic E-state index is -2.44. The van der Waals surface area contributed by atoms with Crippen LogP contribution in [-0.2, 0) is 11.1 Å². The van der Waals surface area contributed by atoms with Crippen LogP contribution >= 0.6 is 11.6 Å². The van der Waals surface area contributed by atoms with E-state index in [1.807, 2.05) is 13.8 Å². The molecule has 0 aromatic heterocycles. The van der Waals surface area contributed by atoms with Crippen LogP contribution in [0.2, 0.25) is 5.02 Å². The Balaban J connectivity index is 0.00000110. The number of rotatable bonds is 4. The Bertz CT molecular complexity index is 469. The van der Waals surface area contributed by atoms with Crippen molar-refractivity contribution in [2.75, 3.05) is 13.6 Å². The van der Waals surface area contributed by atoms with E-state index in [9.17, 15) is 13.6 Å². The number of hydrogen-bond acceptors (Lipinski definition) is 5. The lowest BCUT2D eigenvalue weighted by atomic mass is 10.2. The zero-order chi connectivity index (χ0) is 15.7. The van der Waals surface area contributed by atoms with Crippen molar-refractivity contribution < 1.29 is 18.8 Å². The molecule has 1 unspecified atom stereocenters. The van der Waals surface area contributed by atoms with Crippen molar-refractivity contribution in [1.29, 1.82) is 0 Å². The summed E-state index contributed by atoms with van der Waals surface area (Å²) >= 11 is 3.26. The van der Waals surface area contributed by atoms with E-state index in [0.717, 1.165) is 0 Å². The molecule has 8 heteroatoms. The number of carbonyl (C=O) groups excluding carboxylic acids is 1. The largest absolute Gasteiger partial charge is 0.768 e. The Morgan fingerprint density at radius 1 is 1.50 bits per heavy atom. The molecule has 0 aliphatic carbocycles. The molecule has 0 radical (unpaired) electrons. The molecule has 20 heavy (non-hydrogen) atoms. The third kappa shape index (κ3) is 6.97. The zero-order valence-corrected chi connectivity index (χ0v) is 13.0. The summed E-state index contributed by atoms with van der Waals surface area (Å²) in [5.74, 6) is 0.0291. The molecule has 6 nitrogen and oxygen atoms in total. The van der Waals surface area contributed by atoms with Crippen LogP contribution in [0.3, 0.4) is 0 Å². The molecule has 114 valence electrons. The molecule has 0 saturated heterocycles. The lowest BCUT2D eigenvalue weighted by Gasteiger charge is -2.11. The van der Waals surface area contributed by atoms with E-state index in [0.29, 0.717) is 12.5 Å². The van der Waals surface area contributed by atoms with Gasteiger partial charge in [0.1, 0.15) is 0 Å². The van der Waals surface area contributed by atoms with Crippen molar-refractivity contribution in [2.45, 2.75) is 18.7 Å². The first-order valence-corrected chi connectivity index (χ1v) is 7.26. The van der Waals surface area contributed by atoms with E-state index in [1.54, 1.807) is 5.48 Å². The SMILES string of the molecule is CC(C)CNC(=O)c1ccc(Cl)c(S(=O)[O-])c1.CNO. The molecule has 1 rings (SSSR count). The van der Waals surface area contributed by atoms with E-state index >= 15 is 0 Å². The second kappa shape index (κ2) is 9.84. The molecule has 1 aromatic carbocycles. The molecule has 1 amide bonds. The van der Waals surface area contributed by atoms with Crippen molar-refractivity contribution in [2.24, 2.45) is 5.92 Å². The predicted octanol–water partition coefficient (Wildman–Crippen LogP) is 1.56. The lowest BCUT2D eigenvalue weighted by Crippen LogP contribution is -2.27. The van der Waals surface area contributed by atoms with Gasteiger partial charge in [-0.15, -0.1) is 0 Å². The Hall–Kier alpha value is -0.990. The second-order valence-electron chi connectivity index (χ2n) is 4.21. The van der Waals surface area contributed by atoms with Crippen LogP contribution < -0.4 is 10.8 Å². The highest BCUT2D eigenvalue weighted by Crippen LogP contribution is 2.20. The predicted molar refractivity (Wildman–Crippen MR) is 76.7 cm³/mol. The molecule has 3 N–H and O–H groups in total. The van der Waals surface area contributed by atoms with Crippen LogP contribution in [0.1, 0.15) is 24.2 Å². The van der Waals surface area contributed by atoms with Gasteiger partial charge >= 0.3 is 0 Å². The highest BCUT2D eigenvalue weighted by molar-refractivity contribution is 7.79. The molecule has 0 spiro atoms. The maximum atomic E-state index is 11.7. The van der Waals surface area contributed by atoms with Gasteiger partial charge in [-0.1, -0.05) is 25.4 Å². The summed E-state index contributed by atoms with van der Waals surface area (Å²) in [6.07, 6.45) is 0.